The van der Waals surface area contributed by atoms with Gasteiger partial charge in [0.15, 0.2) is 0 Å². The van der Waals surface area contributed by atoms with Crippen LogP contribution >= 0.6 is 27.3 Å². The molecule has 0 aliphatic heterocycles. The molecule has 2 rings (SSSR count). The van der Waals surface area contributed by atoms with Crippen LogP contribution in [0.15, 0.2) is 28.3 Å². The Kier molecular flexibility index (Phi) is 4.65. The number of pyridine rings is 1. The number of nitrogens with zero attached hydrogens (tertiary/aromatic N) is 2. The highest BCUT2D eigenvalue weighted by Gasteiger charge is 1.99. The zero-order chi connectivity index (χ0) is 12.1. The quantitative estimate of drug-likeness (QED) is 0.863. The molecule has 0 aliphatic carbocycles. The van der Waals surface area contributed by atoms with E-state index in [2.05, 4.69) is 42.7 Å². The Labute approximate surface area is 113 Å². The molecule has 0 aromatic carbocycles. The molecule has 0 unspecified atom stereocenters. The number of aryl methyl sites for hydroxylation is 1. The van der Waals surface area contributed by atoms with Gasteiger partial charge in [-0.1, -0.05) is 0 Å². The Hall–Kier alpha value is -0.780. The average Bonchev–Trinajstić information content (AvgIpc) is 2.71. The smallest absolute Gasteiger partial charge is 0.0940 e. The van der Waals surface area contributed by atoms with E-state index >= 15 is 0 Å². The van der Waals surface area contributed by atoms with Gasteiger partial charge in [-0.3, -0.25) is 4.98 Å². The summed E-state index contributed by atoms with van der Waals surface area (Å²) < 4.78 is 1.02. The lowest BCUT2D eigenvalue weighted by Crippen LogP contribution is -2.16. The van der Waals surface area contributed by atoms with Gasteiger partial charge in [0.1, 0.15) is 0 Å². The third-order valence-electron chi connectivity index (χ3n) is 2.27. The standard InChI is InChI=1S/C12H14BrN3S/c1-9-8-17-12(16-9)2-3-14-5-10-4-11(13)7-15-6-10/h4,6-8,14H,2-3,5H2,1H3. The molecule has 90 valence electrons. The van der Waals surface area contributed by atoms with Crippen LogP contribution in [0.5, 0.6) is 0 Å². The fourth-order valence-corrected chi connectivity index (χ4v) is 2.69. The minimum atomic E-state index is 0.844. The first-order valence-corrected chi connectivity index (χ1v) is 7.12. The molecule has 0 spiro atoms. The van der Waals surface area contributed by atoms with Crippen LogP contribution in [0.2, 0.25) is 0 Å². The largest absolute Gasteiger partial charge is 0.312 e. The van der Waals surface area contributed by atoms with E-state index < -0.39 is 0 Å². The lowest BCUT2D eigenvalue weighted by atomic mass is 10.3. The van der Waals surface area contributed by atoms with E-state index in [1.165, 1.54) is 10.6 Å². The van der Waals surface area contributed by atoms with Gasteiger partial charge < -0.3 is 5.32 Å². The summed E-state index contributed by atoms with van der Waals surface area (Å²) in [6.45, 7) is 3.82. The van der Waals surface area contributed by atoms with Gasteiger partial charge in [0.05, 0.1) is 5.01 Å². The molecule has 0 atom stereocenters. The van der Waals surface area contributed by atoms with Gasteiger partial charge in [-0.25, -0.2) is 4.98 Å². The lowest BCUT2D eigenvalue weighted by Gasteiger charge is -2.03. The molecule has 0 radical (unpaired) electrons. The number of hydrogen-bond donors (Lipinski definition) is 1. The average molecular weight is 312 g/mol. The maximum absolute atomic E-state index is 4.43. The maximum atomic E-state index is 4.43. The fraction of sp³-hybridized carbons (Fsp3) is 0.333. The number of halogens is 1. The van der Waals surface area contributed by atoms with Crippen molar-refractivity contribution in [3.05, 3.63) is 44.6 Å². The highest BCUT2D eigenvalue weighted by Crippen LogP contribution is 2.10. The second-order valence-electron chi connectivity index (χ2n) is 3.82. The first-order valence-electron chi connectivity index (χ1n) is 5.45. The summed E-state index contributed by atoms with van der Waals surface area (Å²) in [5.74, 6) is 0. The Bertz CT molecular complexity index is 484. The van der Waals surface area contributed by atoms with Crippen molar-refractivity contribution in [1.29, 1.82) is 0 Å². The van der Waals surface area contributed by atoms with Crippen LogP contribution in [0.25, 0.3) is 0 Å². The second-order valence-corrected chi connectivity index (χ2v) is 5.68. The van der Waals surface area contributed by atoms with E-state index in [4.69, 9.17) is 0 Å². The summed E-state index contributed by atoms with van der Waals surface area (Å²) in [5.41, 5.74) is 2.30. The van der Waals surface area contributed by atoms with Gasteiger partial charge in [0.25, 0.3) is 0 Å². The predicted molar refractivity (Wildman–Crippen MR) is 74.2 cm³/mol. The first kappa shape index (κ1) is 12.7. The summed E-state index contributed by atoms with van der Waals surface area (Å²) >= 11 is 5.14. The van der Waals surface area contributed by atoms with Crippen molar-refractivity contribution < 1.29 is 0 Å². The van der Waals surface area contributed by atoms with Crippen LogP contribution in [0.3, 0.4) is 0 Å². The number of aromatic nitrogens is 2. The predicted octanol–water partition coefficient (Wildman–Crippen LogP) is 2.94. The molecule has 0 saturated carbocycles. The molecule has 0 fully saturated rings. The van der Waals surface area contributed by atoms with Crippen LogP contribution in [0.4, 0.5) is 0 Å². The second kappa shape index (κ2) is 6.23. The fourth-order valence-electron chi connectivity index (χ4n) is 1.50. The lowest BCUT2D eigenvalue weighted by molar-refractivity contribution is 0.683. The van der Waals surface area contributed by atoms with E-state index in [9.17, 15) is 0 Å². The SMILES string of the molecule is Cc1csc(CCNCc2cncc(Br)c2)n1. The number of rotatable bonds is 5. The highest BCUT2D eigenvalue weighted by atomic mass is 79.9. The first-order chi connectivity index (χ1) is 8.24. The molecular formula is C12H14BrN3S. The van der Waals surface area contributed by atoms with E-state index in [-0.39, 0.29) is 0 Å². The molecular weight excluding hydrogens is 298 g/mol. The minimum Gasteiger partial charge on any atom is -0.312 e. The van der Waals surface area contributed by atoms with Crippen LogP contribution in [-0.2, 0) is 13.0 Å². The molecule has 2 aromatic heterocycles. The van der Waals surface area contributed by atoms with Crippen LogP contribution in [0, 0.1) is 6.92 Å². The summed E-state index contributed by atoms with van der Waals surface area (Å²) in [4.78, 5) is 8.56. The monoisotopic (exact) mass is 311 g/mol. The van der Waals surface area contributed by atoms with Crippen LogP contribution in [-0.4, -0.2) is 16.5 Å². The molecule has 2 heterocycles. The zero-order valence-corrected chi connectivity index (χ0v) is 12.0. The normalized spacial score (nSPS) is 10.7. The van der Waals surface area contributed by atoms with Gasteiger partial charge in [0, 0.05) is 47.5 Å². The number of nitrogens with one attached hydrogen (secondary N) is 1. The van der Waals surface area contributed by atoms with Crippen molar-refractivity contribution in [2.24, 2.45) is 0 Å². The van der Waals surface area contributed by atoms with Gasteiger partial charge in [-0.2, -0.15) is 0 Å². The third kappa shape index (κ3) is 4.18. The van der Waals surface area contributed by atoms with Crippen LogP contribution < -0.4 is 5.32 Å². The van der Waals surface area contributed by atoms with E-state index in [0.29, 0.717) is 0 Å². The Morgan fingerprint density at radius 1 is 1.41 bits per heavy atom. The van der Waals surface area contributed by atoms with E-state index in [1.54, 1.807) is 17.5 Å². The molecule has 5 heteroatoms. The van der Waals surface area contributed by atoms with Crippen molar-refractivity contribution in [3.63, 3.8) is 0 Å². The van der Waals surface area contributed by atoms with Crippen molar-refractivity contribution >= 4 is 27.3 Å². The summed E-state index contributed by atoms with van der Waals surface area (Å²) in [7, 11) is 0. The van der Waals surface area contributed by atoms with Gasteiger partial charge in [-0.05, 0) is 34.5 Å². The summed E-state index contributed by atoms with van der Waals surface area (Å²) in [5, 5.41) is 6.68. The molecule has 0 aliphatic rings. The molecule has 0 saturated heterocycles. The number of thiazole rings is 1. The molecule has 0 amide bonds. The van der Waals surface area contributed by atoms with Gasteiger partial charge >= 0.3 is 0 Å². The maximum Gasteiger partial charge on any atom is 0.0940 e. The Morgan fingerprint density at radius 3 is 3.00 bits per heavy atom. The van der Waals surface area contributed by atoms with Crippen LogP contribution in [0.1, 0.15) is 16.3 Å². The molecule has 3 nitrogen and oxygen atoms in total. The van der Waals surface area contributed by atoms with E-state index in [0.717, 1.165) is 29.7 Å². The number of hydrogen-bond acceptors (Lipinski definition) is 4. The molecule has 0 bridgehead atoms. The highest BCUT2D eigenvalue weighted by molar-refractivity contribution is 9.10. The molecule has 17 heavy (non-hydrogen) atoms. The Balaban J connectivity index is 1.73. The third-order valence-corrected chi connectivity index (χ3v) is 3.73. The van der Waals surface area contributed by atoms with E-state index in [1.807, 2.05) is 13.1 Å². The minimum absolute atomic E-state index is 0.844. The van der Waals surface area contributed by atoms with Crippen molar-refractivity contribution in [2.75, 3.05) is 6.54 Å². The Morgan fingerprint density at radius 2 is 2.29 bits per heavy atom. The molecule has 1 N–H and O–H groups in total. The topological polar surface area (TPSA) is 37.8 Å². The zero-order valence-electron chi connectivity index (χ0n) is 9.61. The summed E-state index contributed by atoms with van der Waals surface area (Å²) in [6, 6.07) is 2.08. The van der Waals surface area contributed by atoms with Crippen molar-refractivity contribution in [3.8, 4) is 0 Å². The van der Waals surface area contributed by atoms with Gasteiger partial charge in [-0.15, -0.1) is 11.3 Å². The van der Waals surface area contributed by atoms with Crippen molar-refractivity contribution in [2.45, 2.75) is 19.9 Å². The van der Waals surface area contributed by atoms with Crippen molar-refractivity contribution in [1.82, 2.24) is 15.3 Å². The van der Waals surface area contributed by atoms with Gasteiger partial charge in [0.2, 0.25) is 0 Å². The summed E-state index contributed by atoms with van der Waals surface area (Å²) in [6.07, 6.45) is 4.66. The molecule has 2 aromatic rings.